The largest absolute Gasteiger partial charge is 0.326 e. The van der Waals surface area contributed by atoms with Crippen LogP contribution in [0.4, 0.5) is 11.4 Å². The zero-order valence-electron chi connectivity index (χ0n) is 18.2. The predicted molar refractivity (Wildman–Crippen MR) is 133 cm³/mol. The highest BCUT2D eigenvalue weighted by molar-refractivity contribution is 7.92. The molecular weight excluding hydrogens is 474 g/mol. The standard InChI is InChI=1S/C25H22ClN3O4S/c1-17(30)29-14-13-18-5-2-3-8-23(18)24(29)16-25(31)27-20-6-4-7-21(15-20)28-34(32,33)22-11-9-19(26)10-12-22/h2-15,24,28H,16H2,1H3,(H,27,31). The van der Waals surface area contributed by atoms with Gasteiger partial charge in [-0.05, 0) is 59.7 Å². The van der Waals surface area contributed by atoms with Crippen molar-refractivity contribution in [2.45, 2.75) is 24.3 Å². The smallest absolute Gasteiger partial charge is 0.261 e. The Kier molecular flexibility index (Phi) is 6.72. The number of carbonyl (C=O) groups is 2. The third-order valence-electron chi connectivity index (χ3n) is 5.37. The third kappa shape index (κ3) is 5.30. The molecule has 1 atom stereocenters. The molecule has 0 spiro atoms. The van der Waals surface area contributed by atoms with Crippen molar-refractivity contribution in [3.05, 3.63) is 95.1 Å². The van der Waals surface area contributed by atoms with Crippen molar-refractivity contribution >= 4 is 50.9 Å². The van der Waals surface area contributed by atoms with Crippen molar-refractivity contribution in [2.24, 2.45) is 0 Å². The molecule has 0 bridgehead atoms. The maximum Gasteiger partial charge on any atom is 0.261 e. The Morgan fingerprint density at radius 1 is 0.971 bits per heavy atom. The summed E-state index contributed by atoms with van der Waals surface area (Å²) in [5.74, 6) is -0.471. The number of anilines is 2. The average molecular weight is 496 g/mol. The molecule has 0 saturated carbocycles. The van der Waals surface area contributed by atoms with Crippen LogP contribution in [0.5, 0.6) is 0 Å². The second-order valence-electron chi connectivity index (χ2n) is 7.78. The van der Waals surface area contributed by atoms with E-state index in [1.807, 2.05) is 30.3 Å². The molecule has 1 aliphatic heterocycles. The van der Waals surface area contributed by atoms with Crippen LogP contribution in [0.3, 0.4) is 0 Å². The van der Waals surface area contributed by atoms with E-state index in [4.69, 9.17) is 11.6 Å². The number of fused-ring (bicyclic) bond motifs is 1. The van der Waals surface area contributed by atoms with Crippen LogP contribution in [0.2, 0.25) is 5.02 Å². The lowest BCUT2D eigenvalue weighted by molar-refractivity contribution is -0.129. The normalized spacial score (nSPS) is 14.9. The van der Waals surface area contributed by atoms with Crippen LogP contribution in [0.25, 0.3) is 6.08 Å². The summed E-state index contributed by atoms with van der Waals surface area (Å²) in [4.78, 5) is 26.6. The van der Waals surface area contributed by atoms with E-state index in [-0.39, 0.29) is 23.1 Å². The first-order valence-electron chi connectivity index (χ1n) is 10.5. The van der Waals surface area contributed by atoms with Gasteiger partial charge in [0.2, 0.25) is 11.8 Å². The number of halogens is 1. The van der Waals surface area contributed by atoms with Crippen LogP contribution < -0.4 is 10.0 Å². The molecule has 9 heteroatoms. The van der Waals surface area contributed by atoms with Gasteiger partial charge in [0, 0.05) is 23.8 Å². The van der Waals surface area contributed by atoms with Crippen LogP contribution in [0, 0.1) is 0 Å². The number of amides is 2. The first kappa shape index (κ1) is 23.5. The summed E-state index contributed by atoms with van der Waals surface area (Å²) in [7, 11) is -3.82. The second kappa shape index (κ2) is 9.70. The number of rotatable bonds is 6. The van der Waals surface area contributed by atoms with Crippen molar-refractivity contribution in [1.82, 2.24) is 4.90 Å². The molecule has 0 saturated heterocycles. The van der Waals surface area contributed by atoms with Gasteiger partial charge in [-0.15, -0.1) is 0 Å². The van der Waals surface area contributed by atoms with Gasteiger partial charge in [-0.2, -0.15) is 0 Å². The molecule has 3 aromatic carbocycles. The van der Waals surface area contributed by atoms with E-state index in [0.29, 0.717) is 16.4 Å². The summed E-state index contributed by atoms with van der Waals surface area (Å²) < 4.78 is 27.8. The second-order valence-corrected chi connectivity index (χ2v) is 9.90. The number of hydrogen-bond donors (Lipinski definition) is 2. The molecule has 174 valence electrons. The zero-order valence-corrected chi connectivity index (χ0v) is 19.8. The number of carbonyl (C=O) groups excluding carboxylic acids is 2. The molecule has 3 aromatic rings. The first-order chi connectivity index (χ1) is 16.2. The summed E-state index contributed by atoms with van der Waals surface area (Å²) in [6.45, 7) is 1.46. The number of nitrogens with one attached hydrogen (secondary N) is 2. The number of hydrogen-bond acceptors (Lipinski definition) is 4. The van der Waals surface area contributed by atoms with E-state index < -0.39 is 16.1 Å². The van der Waals surface area contributed by atoms with E-state index in [2.05, 4.69) is 10.0 Å². The molecule has 0 aliphatic carbocycles. The van der Waals surface area contributed by atoms with Gasteiger partial charge < -0.3 is 10.2 Å². The summed E-state index contributed by atoms with van der Waals surface area (Å²) in [6, 6.07) is 19.4. The van der Waals surface area contributed by atoms with Crippen molar-refractivity contribution < 1.29 is 18.0 Å². The fraction of sp³-hybridized carbons (Fsp3) is 0.120. The van der Waals surface area contributed by atoms with Crippen molar-refractivity contribution in [2.75, 3.05) is 10.0 Å². The maximum absolute atomic E-state index is 12.9. The molecule has 1 aliphatic rings. The fourth-order valence-electron chi connectivity index (χ4n) is 3.79. The van der Waals surface area contributed by atoms with E-state index in [1.165, 1.54) is 37.3 Å². The summed E-state index contributed by atoms with van der Waals surface area (Å²) in [5, 5.41) is 3.23. The van der Waals surface area contributed by atoms with Gasteiger partial charge in [-0.1, -0.05) is 41.9 Å². The topological polar surface area (TPSA) is 95.6 Å². The Bertz CT molecular complexity index is 1370. The van der Waals surface area contributed by atoms with Gasteiger partial charge in [0.05, 0.1) is 23.0 Å². The molecule has 0 radical (unpaired) electrons. The summed E-state index contributed by atoms with van der Waals surface area (Å²) in [6.07, 6.45) is 3.58. The molecular formula is C25H22ClN3O4S. The van der Waals surface area contributed by atoms with E-state index in [0.717, 1.165) is 11.1 Å². The average Bonchev–Trinajstić information content (AvgIpc) is 2.79. The molecule has 2 N–H and O–H groups in total. The molecule has 0 aromatic heterocycles. The first-order valence-corrected chi connectivity index (χ1v) is 12.3. The Labute approximate surface area is 203 Å². The highest BCUT2D eigenvalue weighted by atomic mass is 35.5. The molecule has 2 amide bonds. The SMILES string of the molecule is CC(=O)N1C=Cc2ccccc2C1CC(=O)Nc1cccc(NS(=O)(=O)c2ccc(Cl)cc2)c1. The molecule has 0 fully saturated rings. The zero-order chi connectivity index (χ0) is 24.3. The lowest BCUT2D eigenvalue weighted by Crippen LogP contribution is -2.33. The Balaban J connectivity index is 1.49. The molecule has 34 heavy (non-hydrogen) atoms. The van der Waals surface area contributed by atoms with Crippen molar-refractivity contribution in [1.29, 1.82) is 0 Å². The minimum absolute atomic E-state index is 0.0433. The van der Waals surface area contributed by atoms with Crippen LogP contribution in [0.1, 0.15) is 30.5 Å². The Morgan fingerprint density at radius 2 is 1.68 bits per heavy atom. The fourth-order valence-corrected chi connectivity index (χ4v) is 4.96. The molecule has 7 nitrogen and oxygen atoms in total. The lowest BCUT2D eigenvalue weighted by Gasteiger charge is -2.32. The van der Waals surface area contributed by atoms with Gasteiger partial charge in [0.25, 0.3) is 10.0 Å². The third-order valence-corrected chi connectivity index (χ3v) is 7.02. The van der Waals surface area contributed by atoms with Gasteiger partial charge in [0.15, 0.2) is 0 Å². The van der Waals surface area contributed by atoms with E-state index in [9.17, 15) is 18.0 Å². The minimum Gasteiger partial charge on any atom is -0.326 e. The number of nitrogens with zero attached hydrogens (tertiary/aromatic N) is 1. The maximum atomic E-state index is 12.9. The van der Waals surface area contributed by atoms with E-state index >= 15 is 0 Å². The quantitative estimate of drug-likeness (QED) is 0.500. The van der Waals surface area contributed by atoms with Crippen LogP contribution >= 0.6 is 11.6 Å². The Morgan fingerprint density at radius 3 is 2.41 bits per heavy atom. The lowest BCUT2D eigenvalue weighted by atomic mass is 9.93. The van der Waals surface area contributed by atoms with Gasteiger partial charge >= 0.3 is 0 Å². The van der Waals surface area contributed by atoms with Crippen LogP contribution in [-0.2, 0) is 19.6 Å². The van der Waals surface area contributed by atoms with Gasteiger partial charge in [-0.25, -0.2) is 8.42 Å². The molecule has 4 rings (SSSR count). The van der Waals surface area contributed by atoms with Crippen LogP contribution in [0.15, 0.2) is 83.9 Å². The van der Waals surface area contributed by atoms with Crippen molar-refractivity contribution in [3.63, 3.8) is 0 Å². The number of benzene rings is 3. The van der Waals surface area contributed by atoms with Crippen molar-refractivity contribution in [3.8, 4) is 0 Å². The highest BCUT2D eigenvalue weighted by Gasteiger charge is 2.28. The number of sulfonamides is 1. The van der Waals surface area contributed by atoms with Gasteiger partial charge in [0.1, 0.15) is 0 Å². The van der Waals surface area contributed by atoms with E-state index in [1.54, 1.807) is 29.3 Å². The molecule has 1 heterocycles. The van der Waals surface area contributed by atoms with Gasteiger partial charge in [-0.3, -0.25) is 14.3 Å². The Hall–Kier alpha value is -3.62. The van der Waals surface area contributed by atoms with Crippen LogP contribution in [-0.4, -0.2) is 25.1 Å². The minimum atomic E-state index is -3.82. The monoisotopic (exact) mass is 495 g/mol. The summed E-state index contributed by atoms with van der Waals surface area (Å²) in [5.41, 5.74) is 2.57. The predicted octanol–water partition coefficient (Wildman–Crippen LogP) is 5.04. The highest BCUT2D eigenvalue weighted by Crippen LogP contribution is 2.33. The molecule has 1 unspecified atom stereocenters. The summed E-state index contributed by atoms with van der Waals surface area (Å²) >= 11 is 5.83.